The van der Waals surface area contributed by atoms with Crippen LogP contribution in [0, 0.1) is 12.7 Å². The van der Waals surface area contributed by atoms with Crippen LogP contribution >= 0.6 is 27.3 Å². The summed E-state index contributed by atoms with van der Waals surface area (Å²) in [6, 6.07) is 4.81. The number of benzene rings is 1. The molecular formula is C13H10BrFN2OS. The summed E-state index contributed by atoms with van der Waals surface area (Å²) in [7, 11) is 0. The summed E-state index contributed by atoms with van der Waals surface area (Å²) in [5.74, 6) is 0.682. The Morgan fingerprint density at radius 1 is 1.47 bits per heavy atom. The number of rotatable bonds is 3. The maximum Gasteiger partial charge on any atom is 0.243 e. The molecule has 3 rings (SSSR count). The van der Waals surface area contributed by atoms with E-state index in [0.29, 0.717) is 22.5 Å². The van der Waals surface area contributed by atoms with E-state index in [1.54, 1.807) is 19.1 Å². The second-order valence-electron chi connectivity index (χ2n) is 4.07. The second kappa shape index (κ2) is 4.94. The third-order valence-corrected chi connectivity index (χ3v) is 4.10. The van der Waals surface area contributed by atoms with E-state index in [1.165, 1.54) is 17.4 Å². The van der Waals surface area contributed by atoms with Crippen molar-refractivity contribution >= 4 is 32.2 Å². The fraction of sp³-hybridized carbons (Fsp3) is 0.154. The lowest BCUT2D eigenvalue weighted by molar-refractivity contribution is 0.456. The van der Waals surface area contributed by atoms with Crippen molar-refractivity contribution in [3.05, 3.63) is 46.9 Å². The minimum Gasteiger partial charge on any atom is -0.437 e. The average Bonchev–Trinajstić information content (AvgIpc) is 2.94. The number of alkyl halides is 1. The zero-order valence-electron chi connectivity index (χ0n) is 10.1. The van der Waals surface area contributed by atoms with Crippen LogP contribution in [0.1, 0.15) is 11.3 Å². The van der Waals surface area contributed by atoms with Crippen LogP contribution in [-0.2, 0) is 5.33 Å². The van der Waals surface area contributed by atoms with E-state index in [1.807, 2.05) is 16.0 Å². The fourth-order valence-electron chi connectivity index (χ4n) is 1.76. The molecule has 0 aliphatic carbocycles. The minimum atomic E-state index is -0.279. The number of aromatic nitrogens is 2. The molecule has 0 N–H and O–H groups in total. The number of imidazole rings is 1. The van der Waals surface area contributed by atoms with Crippen molar-refractivity contribution < 1.29 is 9.13 Å². The Morgan fingerprint density at radius 3 is 3.05 bits per heavy atom. The molecule has 2 heterocycles. The fourth-order valence-corrected chi connectivity index (χ4v) is 3.00. The van der Waals surface area contributed by atoms with Crippen LogP contribution in [0.2, 0.25) is 0 Å². The molecule has 3 aromatic rings. The molecule has 0 saturated carbocycles. The van der Waals surface area contributed by atoms with Gasteiger partial charge in [0.1, 0.15) is 11.6 Å². The van der Waals surface area contributed by atoms with Crippen molar-refractivity contribution in [3.63, 3.8) is 0 Å². The monoisotopic (exact) mass is 340 g/mol. The van der Waals surface area contributed by atoms with Gasteiger partial charge in [0.15, 0.2) is 4.96 Å². The predicted octanol–water partition coefficient (Wildman–Crippen LogP) is 4.53. The van der Waals surface area contributed by atoms with Crippen molar-refractivity contribution in [3.8, 4) is 11.6 Å². The van der Waals surface area contributed by atoms with Crippen molar-refractivity contribution in [1.29, 1.82) is 0 Å². The summed E-state index contributed by atoms with van der Waals surface area (Å²) in [5.41, 5.74) is 1.51. The van der Waals surface area contributed by atoms with Gasteiger partial charge >= 0.3 is 0 Å². The largest absolute Gasteiger partial charge is 0.437 e. The van der Waals surface area contributed by atoms with E-state index in [2.05, 4.69) is 20.9 Å². The molecule has 0 bridgehead atoms. The predicted molar refractivity (Wildman–Crippen MR) is 76.9 cm³/mol. The lowest BCUT2D eigenvalue weighted by Gasteiger charge is -2.05. The molecule has 0 unspecified atom stereocenters. The molecule has 3 nitrogen and oxygen atoms in total. The molecule has 0 aliphatic rings. The number of hydrogen-bond donors (Lipinski definition) is 0. The lowest BCUT2D eigenvalue weighted by Crippen LogP contribution is -1.92. The molecule has 0 spiro atoms. The summed E-state index contributed by atoms with van der Waals surface area (Å²) < 4.78 is 21.1. The Morgan fingerprint density at radius 2 is 2.32 bits per heavy atom. The number of fused-ring (bicyclic) bond motifs is 1. The SMILES string of the molecule is Cc1ccc(Oc2nc3sccn3c2CBr)cc1F. The number of halogens is 2. The van der Waals surface area contributed by atoms with Crippen molar-refractivity contribution in [2.45, 2.75) is 12.3 Å². The Bertz CT molecular complexity index is 737. The molecule has 0 fully saturated rings. The summed E-state index contributed by atoms with van der Waals surface area (Å²) in [6.07, 6.45) is 1.94. The Kier molecular flexibility index (Phi) is 3.28. The normalized spacial score (nSPS) is 11.1. The molecule has 19 heavy (non-hydrogen) atoms. The molecule has 1 aromatic carbocycles. The van der Waals surface area contributed by atoms with Crippen molar-refractivity contribution in [1.82, 2.24) is 9.38 Å². The first-order chi connectivity index (χ1) is 9.19. The van der Waals surface area contributed by atoms with Gasteiger partial charge < -0.3 is 4.74 Å². The number of thiazole rings is 1. The van der Waals surface area contributed by atoms with Crippen LogP contribution in [-0.4, -0.2) is 9.38 Å². The van der Waals surface area contributed by atoms with Gasteiger partial charge in [-0.2, -0.15) is 4.98 Å². The van der Waals surface area contributed by atoms with Crippen LogP contribution in [0.25, 0.3) is 4.96 Å². The van der Waals surface area contributed by atoms with Crippen LogP contribution in [0.4, 0.5) is 4.39 Å². The number of aryl methyl sites for hydroxylation is 1. The van der Waals surface area contributed by atoms with Gasteiger partial charge in [0.2, 0.25) is 5.88 Å². The van der Waals surface area contributed by atoms with Crippen LogP contribution in [0.15, 0.2) is 29.8 Å². The summed E-state index contributed by atoms with van der Waals surface area (Å²) >= 11 is 4.95. The summed E-state index contributed by atoms with van der Waals surface area (Å²) in [5, 5.41) is 2.58. The maximum atomic E-state index is 13.5. The Labute approximate surface area is 121 Å². The van der Waals surface area contributed by atoms with Crippen LogP contribution in [0.3, 0.4) is 0 Å². The Hall–Kier alpha value is -1.40. The van der Waals surface area contributed by atoms with Gasteiger partial charge in [0.05, 0.1) is 5.69 Å². The highest BCUT2D eigenvalue weighted by Crippen LogP contribution is 2.29. The van der Waals surface area contributed by atoms with E-state index in [9.17, 15) is 4.39 Å². The number of ether oxygens (including phenoxy) is 1. The zero-order valence-corrected chi connectivity index (χ0v) is 12.5. The summed E-state index contributed by atoms with van der Waals surface area (Å²) in [4.78, 5) is 5.26. The highest BCUT2D eigenvalue weighted by Gasteiger charge is 2.14. The van der Waals surface area contributed by atoms with E-state index in [0.717, 1.165) is 10.7 Å². The first-order valence-electron chi connectivity index (χ1n) is 5.63. The molecule has 98 valence electrons. The molecule has 0 aliphatic heterocycles. The van der Waals surface area contributed by atoms with Gasteiger partial charge in [-0.05, 0) is 18.6 Å². The first kappa shape index (κ1) is 12.6. The standard InChI is InChI=1S/C13H10BrFN2OS/c1-8-2-3-9(6-10(8)15)18-12-11(7-14)17-4-5-19-13(17)16-12/h2-6H,7H2,1H3. The van der Waals surface area contributed by atoms with Crippen LogP contribution < -0.4 is 4.74 Å². The summed E-state index contributed by atoms with van der Waals surface area (Å²) in [6.45, 7) is 1.72. The average molecular weight is 341 g/mol. The number of nitrogens with zero attached hydrogens (tertiary/aromatic N) is 2. The van der Waals surface area contributed by atoms with E-state index < -0.39 is 0 Å². The first-order valence-corrected chi connectivity index (χ1v) is 7.63. The van der Waals surface area contributed by atoms with Crippen molar-refractivity contribution in [2.75, 3.05) is 0 Å². The molecule has 0 saturated heterocycles. The van der Waals surface area contributed by atoms with Gasteiger partial charge in [-0.25, -0.2) is 4.39 Å². The second-order valence-corrected chi connectivity index (χ2v) is 5.50. The van der Waals surface area contributed by atoms with Gasteiger partial charge in [-0.15, -0.1) is 11.3 Å². The van der Waals surface area contributed by atoms with Gasteiger partial charge in [0.25, 0.3) is 0 Å². The zero-order chi connectivity index (χ0) is 13.4. The topological polar surface area (TPSA) is 26.5 Å². The Balaban J connectivity index is 2.00. The van der Waals surface area contributed by atoms with E-state index >= 15 is 0 Å². The quantitative estimate of drug-likeness (QED) is 0.655. The smallest absolute Gasteiger partial charge is 0.243 e. The van der Waals surface area contributed by atoms with Gasteiger partial charge in [-0.3, -0.25) is 4.40 Å². The number of hydrogen-bond acceptors (Lipinski definition) is 3. The molecule has 0 atom stereocenters. The maximum absolute atomic E-state index is 13.5. The lowest BCUT2D eigenvalue weighted by atomic mass is 10.2. The van der Waals surface area contributed by atoms with E-state index in [4.69, 9.17) is 4.74 Å². The molecule has 6 heteroatoms. The molecule has 0 amide bonds. The van der Waals surface area contributed by atoms with E-state index in [-0.39, 0.29) is 5.82 Å². The molecule has 0 radical (unpaired) electrons. The van der Waals surface area contributed by atoms with Gasteiger partial charge in [0, 0.05) is 23.0 Å². The third-order valence-electron chi connectivity index (χ3n) is 2.81. The van der Waals surface area contributed by atoms with Crippen molar-refractivity contribution in [2.24, 2.45) is 0 Å². The molecular weight excluding hydrogens is 331 g/mol. The third kappa shape index (κ3) is 2.26. The van der Waals surface area contributed by atoms with Gasteiger partial charge in [-0.1, -0.05) is 22.0 Å². The van der Waals surface area contributed by atoms with Crippen LogP contribution in [0.5, 0.6) is 11.6 Å². The highest BCUT2D eigenvalue weighted by atomic mass is 79.9. The molecule has 2 aromatic heterocycles. The minimum absolute atomic E-state index is 0.279. The highest BCUT2D eigenvalue weighted by molar-refractivity contribution is 9.08.